The van der Waals surface area contributed by atoms with Gasteiger partial charge in [0.2, 0.25) is 5.95 Å². The highest BCUT2D eigenvalue weighted by molar-refractivity contribution is 5.99. The van der Waals surface area contributed by atoms with Gasteiger partial charge >= 0.3 is 6.03 Å². The van der Waals surface area contributed by atoms with Crippen molar-refractivity contribution in [2.45, 2.75) is 0 Å². The molecule has 0 radical (unpaired) electrons. The highest BCUT2D eigenvalue weighted by Crippen LogP contribution is 2.16. The predicted octanol–water partition coefficient (Wildman–Crippen LogP) is 1.88. The van der Waals surface area contributed by atoms with Gasteiger partial charge in [0.1, 0.15) is 5.75 Å². The number of carbonyl (C=O) groups is 1. The van der Waals surface area contributed by atoms with Gasteiger partial charge in [0, 0.05) is 31.9 Å². The van der Waals surface area contributed by atoms with Crippen LogP contribution in [0.15, 0.2) is 36.7 Å². The summed E-state index contributed by atoms with van der Waals surface area (Å²) < 4.78 is 5.09. The van der Waals surface area contributed by atoms with E-state index in [2.05, 4.69) is 37.4 Å². The average Bonchev–Trinajstić information content (AvgIpc) is 2.64. The summed E-state index contributed by atoms with van der Waals surface area (Å²) in [6, 6.07) is 6.75. The molecular weight excluding hydrogens is 320 g/mol. The molecule has 0 spiro atoms. The normalized spacial score (nSPS) is 14.9. The van der Waals surface area contributed by atoms with E-state index >= 15 is 0 Å². The minimum Gasteiger partial charge on any atom is -0.497 e. The summed E-state index contributed by atoms with van der Waals surface area (Å²) in [6.45, 7) is 3.80. The van der Waals surface area contributed by atoms with Crippen molar-refractivity contribution < 1.29 is 9.53 Å². The van der Waals surface area contributed by atoms with Gasteiger partial charge in [-0.15, -0.1) is 0 Å². The summed E-state index contributed by atoms with van der Waals surface area (Å²) in [6.07, 6.45) is 3.24. The highest BCUT2D eigenvalue weighted by Gasteiger charge is 2.16. The number of hydrogen-bond donors (Lipinski definition) is 2. The number of methoxy groups -OCH3 is 1. The van der Waals surface area contributed by atoms with Crippen molar-refractivity contribution in [3.63, 3.8) is 0 Å². The van der Waals surface area contributed by atoms with E-state index in [1.54, 1.807) is 43.8 Å². The summed E-state index contributed by atoms with van der Waals surface area (Å²) >= 11 is 0. The van der Waals surface area contributed by atoms with E-state index in [0.29, 0.717) is 17.3 Å². The summed E-state index contributed by atoms with van der Waals surface area (Å²) in [5, 5.41) is 5.47. The Morgan fingerprint density at radius 1 is 1.00 bits per heavy atom. The molecule has 8 heteroatoms. The molecule has 2 aromatic rings. The van der Waals surface area contributed by atoms with E-state index in [1.807, 2.05) is 0 Å². The molecule has 2 heterocycles. The van der Waals surface area contributed by atoms with Crippen LogP contribution in [0.4, 0.5) is 22.1 Å². The second-order valence-corrected chi connectivity index (χ2v) is 5.87. The Labute approximate surface area is 146 Å². The van der Waals surface area contributed by atoms with E-state index in [9.17, 15) is 4.79 Å². The fourth-order valence-electron chi connectivity index (χ4n) is 2.52. The number of nitrogens with one attached hydrogen (secondary N) is 2. The van der Waals surface area contributed by atoms with Gasteiger partial charge in [-0.2, -0.15) is 0 Å². The molecule has 0 unspecified atom stereocenters. The maximum Gasteiger partial charge on any atom is 0.323 e. The van der Waals surface area contributed by atoms with Gasteiger partial charge in [0.15, 0.2) is 0 Å². The van der Waals surface area contributed by atoms with Crippen molar-refractivity contribution in [2.24, 2.45) is 0 Å². The van der Waals surface area contributed by atoms with Crippen LogP contribution in [0.1, 0.15) is 0 Å². The van der Waals surface area contributed by atoms with E-state index in [1.165, 1.54) is 0 Å². The lowest BCUT2D eigenvalue weighted by Crippen LogP contribution is -2.45. The van der Waals surface area contributed by atoms with Crippen LogP contribution < -0.4 is 20.3 Å². The number of piperazine rings is 1. The number of ether oxygens (including phenoxy) is 1. The van der Waals surface area contributed by atoms with Gasteiger partial charge < -0.3 is 25.2 Å². The Kier molecular flexibility index (Phi) is 5.30. The van der Waals surface area contributed by atoms with Crippen LogP contribution in [0.3, 0.4) is 0 Å². The molecule has 132 valence electrons. The van der Waals surface area contributed by atoms with Crippen molar-refractivity contribution in [1.29, 1.82) is 0 Å². The van der Waals surface area contributed by atoms with Crippen LogP contribution in [0.2, 0.25) is 0 Å². The van der Waals surface area contributed by atoms with Crippen molar-refractivity contribution >= 4 is 23.4 Å². The summed E-state index contributed by atoms with van der Waals surface area (Å²) in [5.74, 6) is 1.42. The molecule has 3 rings (SSSR count). The largest absolute Gasteiger partial charge is 0.497 e. The zero-order valence-electron chi connectivity index (χ0n) is 14.4. The number of nitrogens with zero attached hydrogens (tertiary/aromatic N) is 4. The van der Waals surface area contributed by atoms with Gasteiger partial charge in [-0.05, 0) is 31.3 Å². The maximum atomic E-state index is 12.0. The molecule has 2 amide bonds. The third-order valence-electron chi connectivity index (χ3n) is 4.03. The Morgan fingerprint density at radius 3 is 2.20 bits per heavy atom. The third kappa shape index (κ3) is 4.57. The van der Waals surface area contributed by atoms with Crippen LogP contribution in [-0.2, 0) is 0 Å². The minimum atomic E-state index is -0.346. The smallest absolute Gasteiger partial charge is 0.323 e. The summed E-state index contributed by atoms with van der Waals surface area (Å²) in [4.78, 5) is 25.1. The highest BCUT2D eigenvalue weighted by atomic mass is 16.5. The van der Waals surface area contributed by atoms with E-state index < -0.39 is 0 Å². The molecule has 0 atom stereocenters. The molecule has 1 fully saturated rings. The fourth-order valence-corrected chi connectivity index (χ4v) is 2.52. The number of carbonyl (C=O) groups excluding carboxylic acids is 1. The second-order valence-electron chi connectivity index (χ2n) is 5.87. The minimum absolute atomic E-state index is 0.346. The number of likely N-dealkylation sites (N-methyl/N-ethyl adjacent to an activating group) is 1. The van der Waals surface area contributed by atoms with Crippen molar-refractivity contribution in [3.8, 4) is 5.75 Å². The molecule has 0 aliphatic carbocycles. The Hall–Kier alpha value is -2.87. The first kappa shape index (κ1) is 17.0. The lowest BCUT2D eigenvalue weighted by Gasteiger charge is -2.32. The first-order chi connectivity index (χ1) is 12.1. The quantitative estimate of drug-likeness (QED) is 0.883. The van der Waals surface area contributed by atoms with E-state index in [4.69, 9.17) is 4.74 Å². The number of benzene rings is 1. The zero-order chi connectivity index (χ0) is 17.6. The van der Waals surface area contributed by atoms with Crippen LogP contribution in [-0.4, -0.2) is 61.2 Å². The number of amides is 2. The van der Waals surface area contributed by atoms with Crippen molar-refractivity contribution in [2.75, 3.05) is 55.9 Å². The van der Waals surface area contributed by atoms with E-state index in [0.717, 1.165) is 31.9 Å². The van der Waals surface area contributed by atoms with Crippen molar-refractivity contribution in [1.82, 2.24) is 14.9 Å². The lowest BCUT2D eigenvalue weighted by molar-refractivity contribution is 0.262. The number of hydrogen-bond acceptors (Lipinski definition) is 6. The first-order valence-corrected chi connectivity index (χ1v) is 8.11. The second kappa shape index (κ2) is 7.80. The monoisotopic (exact) mass is 342 g/mol. The van der Waals surface area contributed by atoms with Crippen LogP contribution >= 0.6 is 0 Å². The van der Waals surface area contributed by atoms with Gasteiger partial charge in [-0.3, -0.25) is 0 Å². The van der Waals surface area contributed by atoms with Crippen molar-refractivity contribution in [3.05, 3.63) is 36.7 Å². The number of aromatic nitrogens is 2. The lowest BCUT2D eigenvalue weighted by atomic mass is 10.3. The fraction of sp³-hybridized carbons (Fsp3) is 0.353. The molecule has 1 saturated heterocycles. The molecule has 1 aromatic carbocycles. The van der Waals surface area contributed by atoms with Crippen LogP contribution in [0.25, 0.3) is 0 Å². The van der Waals surface area contributed by atoms with Gasteiger partial charge in [0.05, 0.1) is 25.2 Å². The van der Waals surface area contributed by atoms with Gasteiger partial charge in [-0.1, -0.05) is 0 Å². The standard InChI is InChI=1S/C17H22N6O2/c1-22-7-9-23(10-8-22)16-18-11-14(12-19-16)21-17(24)20-13-3-5-15(25-2)6-4-13/h3-6,11-12H,7-10H2,1-2H3,(H2,20,21,24). The SMILES string of the molecule is COc1ccc(NC(=O)Nc2cnc(N3CCN(C)CC3)nc2)cc1. The zero-order valence-corrected chi connectivity index (χ0v) is 14.4. The first-order valence-electron chi connectivity index (χ1n) is 8.11. The molecular formula is C17H22N6O2. The summed E-state index contributed by atoms with van der Waals surface area (Å²) in [7, 11) is 3.70. The molecule has 25 heavy (non-hydrogen) atoms. The van der Waals surface area contributed by atoms with Crippen LogP contribution in [0, 0.1) is 0 Å². The molecule has 0 saturated carbocycles. The molecule has 0 bridgehead atoms. The summed E-state index contributed by atoms with van der Waals surface area (Å²) in [5.41, 5.74) is 1.22. The molecule has 1 aliphatic rings. The predicted molar refractivity (Wildman–Crippen MR) is 97.4 cm³/mol. The topological polar surface area (TPSA) is 82.6 Å². The molecule has 2 N–H and O–H groups in total. The third-order valence-corrected chi connectivity index (χ3v) is 4.03. The molecule has 1 aliphatic heterocycles. The molecule has 1 aromatic heterocycles. The maximum absolute atomic E-state index is 12.0. The molecule has 8 nitrogen and oxygen atoms in total. The average molecular weight is 342 g/mol. The van der Waals surface area contributed by atoms with Gasteiger partial charge in [0.25, 0.3) is 0 Å². The number of urea groups is 1. The number of rotatable bonds is 4. The Morgan fingerprint density at radius 2 is 1.60 bits per heavy atom. The Bertz CT molecular complexity index is 696. The Balaban J connectivity index is 1.54. The number of anilines is 3. The van der Waals surface area contributed by atoms with E-state index in [-0.39, 0.29) is 6.03 Å². The van der Waals surface area contributed by atoms with Crippen LogP contribution in [0.5, 0.6) is 5.75 Å². The van der Waals surface area contributed by atoms with Gasteiger partial charge in [-0.25, -0.2) is 14.8 Å².